The van der Waals surface area contributed by atoms with Crippen molar-refractivity contribution in [3.8, 4) is 5.75 Å². The van der Waals surface area contributed by atoms with Gasteiger partial charge in [-0.25, -0.2) is 0 Å². The van der Waals surface area contributed by atoms with Crippen molar-refractivity contribution in [3.05, 3.63) is 94.2 Å². The Hall–Kier alpha value is -3.03. The van der Waals surface area contributed by atoms with Gasteiger partial charge in [0, 0.05) is 28.2 Å². The van der Waals surface area contributed by atoms with E-state index in [-0.39, 0.29) is 18.0 Å². The SMILES string of the molecule is COC(=O)[C@@H]1[C@@H](c2ccccc2)[C@@]2(c3ccc(Br)cc3)Oc3cnccc3[C@@]1(O)CC2=O. The highest BCUT2D eigenvalue weighted by atomic mass is 79.9. The van der Waals surface area contributed by atoms with Gasteiger partial charge in [0.1, 0.15) is 17.3 Å². The maximum Gasteiger partial charge on any atom is 0.312 e. The first kappa shape index (κ1) is 20.8. The third-order valence-corrected chi connectivity index (χ3v) is 7.07. The number of carbonyl (C=O) groups excluding carboxylic acids is 2. The number of ether oxygens (including phenoxy) is 2. The molecule has 3 aromatic rings. The number of benzene rings is 2. The molecule has 1 aromatic heterocycles. The molecule has 1 fully saturated rings. The number of hydrogen-bond acceptors (Lipinski definition) is 6. The van der Waals surface area contributed by atoms with E-state index in [0.29, 0.717) is 16.7 Å². The van der Waals surface area contributed by atoms with E-state index in [4.69, 9.17) is 9.47 Å². The van der Waals surface area contributed by atoms with Crippen LogP contribution in [0, 0.1) is 5.92 Å². The Morgan fingerprint density at radius 3 is 2.56 bits per heavy atom. The molecule has 1 aliphatic carbocycles. The highest BCUT2D eigenvalue weighted by Crippen LogP contribution is 2.61. The van der Waals surface area contributed by atoms with E-state index >= 15 is 0 Å². The maximum atomic E-state index is 13.9. The molecule has 0 saturated heterocycles. The van der Waals surface area contributed by atoms with Crippen LogP contribution >= 0.6 is 15.9 Å². The summed E-state index contributed by atoms with van der Waals surface area (Å²) in [5.41, 5.74) is -1.72. The fourth-order valence-electron chi connectivity index (χ4n) is 5.19. The lowest BCUT2D eigenvalue weighted by Gasteiger charge is -2.48. The van der Waals surface area contributed by atoms with Crippen molar-refractivity contribution in [3.63, 3.8) is 0 Å². The van der Waals surface area contributed by atoms with Crippen LogP contribution in [0.3, 0.4) is 0 Å². The zero-order valence-corrected chi connectivity index (χ0v) is 18.8. The lowest BCUT2D eigenvalue weighted by molar-refractivity contribution is -0.178. The maximum absolute atomic E-state index is 13.9. The van der Waals surface area contributed by atoms with E-state index in [1.165, 1.54) is 19.5 Å². The summed E-state index contributed by atoms with van der Waals surface area (Å²) < 4.78 is 12.6. The number of pyridine rings is 1. The molecule has 32 heavy (non-hydrogen) atoms. The number of nitrogens with zero attached hydrogens (tertiary/aromatic N) is 1. The summed E-state index contributed by atoms with van der Waals surface area (Å²) >= 11 is 3.44. The van der Waals surface area contributed by atoms with Crippen molar-refractivity contribution in [1.29, 1.82) is 0 Å². The van der Waals surface area contributed by atoms with Gasteiger partial charge in [0.15, 0.2) is 11.4 Å². The zero-order valence-electron chi connectivity index (χ0n) is 17.2. The highest BCUT2D eigenvalue weighted by Gasteiger charge is 2.68. The monoisotopic (exact) mass is 493 g/mol. The number of ketones is 1. The molecule has 3 aliphatic rings. The summed E-state index contributed by atoms with van der Waals surface area (Å²) in [5.74, 6) is -2.57. The van der Waals surface area contributed by atoms with Gasteiger partial charge in [-0.2, -0.15) is 0 Å². The first-order chi connectivity index (χ1) is 15.4. The molecule has 0 unspecified atom stereocenters. The van der Waals surface area contributed by atoms with Crippen LogP contribution in [-0.4, -0.2) is 29.0 Å². The van der Waals surface area contributed by atoms with Crippen molar-refractivity contribution in [2.24, 2.45) is 5.92 Å². The van der Waals surface area contributed by atoms with Crippen LogP contribution in [-0.2, 0) is 25.5 Å². The minimum Gasteiger partial charge on any atom is -0.472 e. The van der Waals surface area contributed by atoms with Gasteiger partial charge in [0.05, 0.1) is 19.2 Å². The van der Waals surface area contributed by atoms with Crippen molar-refractivity contribution < 1.29 is 24.2 Å². The highest BCUT2D eigenvalue weighted by molar-refractivity contribution is 9.10. The lowest BCUT2D eigenvalue weighted by atomic mass is 9.56. The van der Waals surface area contributed by atoms with Gasteiger partial charge in [-0.05, 0) is 23.8 Å². The van der Waals surface area contributed by atoms with Crippen molar-refractivity contribution in [2.45, 2.75) is 23.5 Å². The van der Waals surface area contributed by atoms with Crippen LogP contribution in [0.25, 0.3) is 0 Å². The Morgan fingerprint density at radius 2 is 1.88 bits per heavy atom. The molecule has 162 valence electrons. The van der Waals surface area contributed by atoms with E-state index in [0.717, 1.165) is 4.47 Å². The number of carbonyl (C=O) groups is 2. The standard InChI is InChI=1S/C25H20BrNO5/c1-31-23(29)22-21(15-5-3-2-4-6-15)25(16-7-9-17(26)10-8-16)20(28)13-24(22,30)18-11-12-27-14-19(18)32-25/h2-12,14,21-22,30H,13H2,1H3/t21-,22+,24+,25+/m1/s1. The number of fused-ring (bicyclic) bond motifs is 2. The normalized spacial score (nSPS) is 28.4. The van der Waals surface area contributed by atoms with Crippen LogP contribution < -0.4 is 4.74 Å². The number of hydrogen-bond donors (Lipinski definition) is 1. The smallest absolute Gasteiger partial charge is 0.312 e. The zero-order chi connectivity index (χ0) is 22.5. The predicted molar refractivity (Wildman–Crippen MR) is 119 cm³/mol. The average molecular weight is 494 g/mol. The number of halogens is 1. The van der Waals surface area contributed by atoms with Crippen molar-refractivity contribution in [2.75, 3.05) is 7.11 Å². The van der Waals surface area contributed by atoms with Gasteiger partial charge in [-0.3, -0.25) is 14.6 Å². The molecule has 6 rings (SSSR count). The van der Waals surface area contributed by atoms with Crippen LogP contribution in [0.4, 0.5) is 0 Å². The van der Waals surface area contributed by atoms with E-state index in [1.807, 2.05) is 42.5 Å². The quantitative estimate of drug-likeness (QED) is 0.557. The lowest BCUT2D eigenvalue weighted by Crippen LogP contribution is -2.60. The Balaban J connectivity index is 1.89. The molecule has 0 amide bonds. The van der Waals surface area contributed by atoms with Gasteiger partial charge in [0.2, 0.25) is 0 Å². The molecule has 4 atom stereocenters. The van der Waals surface area contributed by atoms with Gasteiger partial charge in [0.25, 0.3) is 0 Å². The summed E-state index contributed by atoms with van der Waals surface area (Å²) in [4.78, 5) is 31.3. The largest absolute Gasteiger partial charge is 0.472 e. The van der Waals surface area contributed by atoms with Crippen LogP contribution in [0.2, 0.25) is 0 Å². The second-order valence-corrected chi connectivity index (χ2v) is 9.05. The van der Waals surface area contributed by atoms with E-state index in [1.54, 1.807) is 18.2 Å². The Morgan fingerprint density at radius 1 is 1.16 bits per heavy atom. The number of aromatic nitrogens is 1. The Kier molecular flexibility index (Phi) is 4.91. The summed E-state index contributed by atoms with van der Waals surface area (Å²) in [5, 5.41) is 12.0. The molecule has 0 spiro atoms. The Bertz CT molecular complexity index is 1200. The fraction of sp³-hybridized carbons (Fsp3) is 0.240. The number of Topliss-reactive ketones (excluding diaryl/α,β-unsaturated/α-hetero) is 1. The first-order valence-electron chi connectivity index (χ1n) is 10.2. The Labute approximate surface area is 193 Å². The third-order valence-electron chi connectivity index (χ3n) is 6.54. The van der Waals surface area contributed by atoms with E-state index < -0.39 is 29.0 Å². The third kappa shape index (κ3) is 2.84. The van der Waals surface area contributed by atoms with Crippen LogP contribution in [0.15, 0.2) is 77.5 Å². The summed E-state index contributed by atoms with van der Waals surface area (Å²) in [6, 6.07) is 18.1. The number of aliphatic hydroxyl groups is 1. The average Bonchev–Trinajstić information content (AvgIpc) is 2.97. The molecule has 1 N–H and O–H groups in total. The van der Waals surface area contributed by atoms with Gasteiger partial charge < -0.3 is 14.6 Å². The second kappa shape index (κ2) is 7.53. The topological polar surface area (TPSA) is 85.7 Å². The fourth-order valence-corrected chi connectivity index (χ4v) is 5.45. The molecular weight excluding hydrogens is 474 g/mol. The van der Waals surface area contributed by atoms with Crippen LogP contribution in [0.5, 0.6) is 5.75 Å². The van der Waals surface area contributed by atoms with Crippen molar-refractivity contribution >= 4 is 27.7 Å². The number of esters is 1. The molecule has 2 aliphatic heterocycles. The first-order valence-corrected chi connectivity index (χ1v) is 11.0. The summed E-state index contributed by atoms with van der Waals surface area (Å²) in [7, 11) is 1.29. The minimum absolute atomic E-state index is 0.274. The van der Waals surface area contributed by atoms with Crippen LogP contribution in [0.1, 0.15) is 29.0 Å². The predicted octanol–water partition coefficient (Wildman–Crippen LogP) is 3.87. The summed E-state index contributed by atoms with van der Waals surface area (Å²) in [6.07, 6.45) is 2.71. The molecule has 3 heterocycles. The molecule has 6 nitrogen and oxygen atoms in total. The van der Waals surface area contributed by atoms with Gasteiger partial charge >= 0.3 is 5.97 Å². The molecule has 1 saturated carbocycles. The second-order valence-electron chi connectivity index (χ2n) is 8.13. The molecule has 2 bridgehead atoms. The molecule has 0 radical (unpaired) electrons. The van der Waals surface area contributed by atoms with Crippen molar-refractivity contribution in [1.82, 2.24) is 4.98 Å². The summed E-state index contributed by atoms with van der Waals surface area (Å²) in [6.45, 7) is 0. The number of rotatable bonds is 3. The molecular formula is C25H20BrNO5. The van der Waals surface area contributed by atoms with E-state index in [2.05, 4.69) is 20.9 Å². The van der Waals surface area contributed by atoms with E-state index in [9.17, 15) is 14.7 Å². The molecule has 2 aromatic carbocycles. The number of methoxy groups -OCH3 is 1. The van der Waals surface area contributed by atoms with Gasteiger partial charge in [-0.1, -0.05) is 58.4 Å². The van der Waals surface area contributed by atoms with Gasteiger partial charge in [-0.15, -0.1) is 0 Å². The minimum atomic E-state index is -1.81. The molecule has 7 heteroatoms.